The van der Waals surface area contributed by atoms with Gasteiger partial charge in [-0.05, 0) is 57.0 Å². The highest BCUT2D eigenvalue weighted by molar-refractivity contribution is 5.99. The fraction of sp³-hybridized carbons (Fsp3) is 0.304. The first-order chi connectivity index (χ1) is 13.7. The van der Waals surface area contributed by atoms with Crippen LogP contribution >= 0.6 is 0 Å². The molecular weight excluding hydrogens is 370 g/mol. The van der Waals surface area contributed by atoms with Crippen molar-refractivity contribution in [1.29, 1.82) is 0 Å². The van der Waals surface area contributed by atoms with Crippen molar-refractivity contribution in [2.45, 2.75) is 46.6 Å². The number of anilines is 1. The molecule has 2 aromatic carbocycles. The van der Waals surface area contributed by atoms with E-state index in [1.54, 1.807) is 36.4 Å². The molecule has 0 bridgehead atoms. The average molecular weight is 395 g/mol. The molecule has 0 radical (unpaired) electrons. The van der Waals surface area contributed by atoms with Crippen molar-refractivity contribution < 1.29 is 23.9 Å². The Kier molecular flexibility index (Phi) is 7.42. The second-order valence-corrected chi connectivity index (χ2v) is 6.98. The molecule has 0 fully saturated rings. The summed E-state index contributed by atoms with van der Waals surface area (Å²) in [6.07, 6.45) is -1.13. The lowest BCUT2D eigenvalue weighted by atomic mass is 10.0. The molecule has 1 unspecified atom stereocenters. The smallest absolute Gasteiger partial charge is 0.307 e. The molecule has 0 aliphatic carbocycles. The molecule has 1 amide bonds. The monoisotopic (exact) mass is 395 g/mol. The van der Waals surface area contributed by atoms with Crippen molar-refractivity contribution in [3.63, 3.8) is 0 Å². The van der Waals surface area contributed by atoms with E-state index >= 15 is 0 Å². The predicted octanol–water partition coefficient (Wildman–Crippen LogP) is 4.04. The number of hydrogen-bond acceptors (Lipinski definition) is 5. The van der Waals surface area contributed by atoms with Crippen molar-refractivity contribution in [2.24, 2.45) is 0 Å². The standard InChI is InChI=1S/C23H25NO5/c1-14-8-9-19(12-15(14)2)21(26)10-11-22(27)29-17(4)23(28)24-20-7-5-6-18(13-20)16(3)25/h5-9,12-13,17H,10-11H2,1-4H3,(H,24,28). The molecule has 6 heteroatoms. The van der Waals surface area contributed by atoms with Crippen LogP contribution in [0.1, 0.15) is 58.5 Å². The number of benzene rings is 2. The molecule has 152 valence electrons. The number of amides is 1. The van der Waals surface area contributed by atoms with Gasteiger partial charge in [-0.25, -0.2) is 0 Å². The largest absolute Gasteiger partial charge is 0.453 e. The van der Waals surface area contributed by atoms with Crippen molar-refractivity contribution >= 4 is 29.1 Å². The molecule has 0 saturated heterocycles. The summed E-state index contributed by atoms with van der Waals surface area (Å²) < 4.78 is 5.12. The van der Waals surface area contributed by atoms with Gasteiger partial charge in [-0.3, -0.25) is 19.2 Å². The lowest BCUT2D eigenvalue weighted by Crippen LogP contribution is -2.30. The van der Waals surface area contributed by atoms with E-state index in [0.29, 0.717) is 16.8 Å². The van der Waals surface area contributed by atoms with Crippen LogP contribution in [0.25, 0.3) is 0 Å². The quantitative estimate of drug-likeness (QED) is 0.538. The van der Waals surface area contributed by atoms with Crippen molar-refractivity contribution in [3.05, 3.63) is 64.7 Å². The maximum Gasteiger partial charge on any atom is 0.307 e. The van der Waals surface area contributed by atoms with Crippen LogP contribution in [-0.4, -0.2) is 29.5 Å². The zero-order valence-corrected chi connectivity index (χ0v) is 17.1. The Morgan fingerprint density at radius 3 is 2.31 bits per heavy atom. The van der Waals surface area contributed by atoms with Crippen LogP contribution in [0, 0.1) is 13.8 Å². The molecule has 6 nitrogen and oxygen atoms in total. The van der Waals surface area contributed by atoms with Crippen LogP contribution < -0.4 is 5.32 Å². The fourth-order valence-electron chi connectivity index (χ4n) is 2.64. The molecular formula is C23H25NO5. The number of nitrogens with one attached hydrogen (secondary N) is 1. The minimum Gasteiger partial charge on any atom is -0.453 e. The number of hydrogen-bond donors (Lipinski definition) is 1. The number of carbonyl (C=O) groups is 4. The third-order valence-corrected chi connectivity index (χ3v) is 4.60. The van der Waals surface area contributed by atoms with Crippen LogP contribution in [0.4, 0.5) is 5.69 Å². The molecule has 0 aromatic heterocycles. The molecule has 1 atom stereocenters. The Morgan fingerprint density at radius 2 is 1.66 bits per heavy atom. The molecule has 29 heavy (non-hydrogen) atoms. The summed E-state index contributed by atoms with van der Waals surface area (Å²) in [6, 6.07) is 11.9. The fourth-order valence-corrected chi connectivity index (χ4v) is 2.64. The second kappa shape index (κ2) is 9.78. The van der Waals surface area contributed by atoms with E-state index in [2.05, 4.69) is 5.32 Å². The van der Waals surface area contributed by atoms with Gasteiger partial charge in [0.25, 0.3) is 5.91 Å². The van der Waals surface area contributed by atoms with Crippen LogP contribution in [0.2, 0.25) is 0 Å². The van der Waals surface area contributed by atoms with Gasteiger partial charge < -0.3 is 10.1 Å². The Bertz CT molecular complexity index is 948. The van der Waals surface area contributed by atoms with Gasteiger partial charge in [-0.15, -0.1) is 0 Å². The molecule has 0 saturated carbocycles. The van der Waals surface area contributed by atoms with Crippen molar-refractivity contribution in [2.75, 3.05) is 5.32 Å². The van der Waals surface area contributed by atoms with Gasteiger partial charge in [-0.1, -0.05) is 24.3 Å². The summed E-state index contributed by atoms with van der Waals surface area (Å²) in [6.45, 7) is 6.77. The van der Waals surface area contributed by atoms with Gasteiger partial charge in [0, 0.05) is 23.2 Å². The van der Waals surface area contributed by atoms with E-state index in [1.807, 2.05) is 19.9 Å². The van der Waals surface area contributed by atoms with Gasteiger partial charge in [0.05, 0.1) is 6.42 Å². The first-order valence-corrected chi connectivity index (χ1v) is 9.39. The number of esters is 1. The van der Waals surface area contributed by atoms with E-state index < -0.39 is 18.0 Å². The molecule has 1 N–H and O–H groups in total. The second-order valence-electron chi connectivity index (χ2n) is 6.98. The maximum atomic E-state index is 12.2. The number of ketones is 2. The number of ether oxygens (including phenoxy) is 1. The predicted molar refractivity (Wildman–Crippen MR) is 110 cm³/mol. The molecule has 0 spiro atoms. The lowest BCUT2D eigenvalue weighted by Gasteiger charge is -2.14. The molecule has 0 aliphatic rings. The summed E-state index contributed by atoms with van der Waals surface area (Å²) >= 11 is 0. The summed E-state index contributed by atoms with van der Waals surface area (Å²) in [5, 5.41) is 2.61. The van der Waals surface area contributed by atoms with Crippen LogP contribution in [-0.2, 0) is 14.3 Å². The number of carbonyl (C=O) groups excluding carboxylic acids is 4. The first-order valence-electron chi connectivity index (χ1n) is 9.39. The Balaban J connectivity index is 1.85. The number of aryl methyl sites for hydroxylation is 2. The van der Waals surface area contributed by atoms with Gasteiger partial charge in [0.2, 0.25) is 0 Å². The minimum absolute atomic E-state index is 0.0102. The highest BCUT2D eigenvalue weighted by Gasteiger charge is 2.19. The zero-order chi connectivity index (χ0) is 21.6. The third kappa shape index (κ3) is 6.38. The van der Waals surface area contributed by atoms with E-state index in [-0.39, 0.29) is 24.4 Å². The van der Waals surface area contributed by atoms with Gasteiger partial charge >= 0.3 is 5.97 Å². The summed E-state index contributed by atoms with van der Waals surface area (Å²) in [7, 11) is 0. The van der Waals surface area contributed by atoms with Crippen LogP contribution in [0.3, 0.4) is 0 Å². The Labute approximate surface area is 170 Å². The lowest BCUT2D eigenvalue weighted by molar-refractivity contribution is -0.153. The van der Waals surface area contributed by atoms with E-state index in [9.17, 15) is 19.2 Å². The van der Waals surface area contributed by atoms with Crippen LogP contribution in [0.5, 0.6) is 0 Å². The first kappa shape index (κ1) is 22.0. The van der Waals surface area contributed by atoms with Gasteiger partial charge in [0.1, 0.15) is 0 Å². The Morgan fingerprint density at radius 1 is 0.931 bits per heavy atom. The highest BCUT2D eigenvalue weighted by atomic mass is 16.5. The molecule has 0 heterocycles. The highest BCUT2D eigenvalue weighted by Crippen LogP contribution is 2.14. The zero-order valence-electron chi connectivity index (χ0n) is 17.1. The van der Waals surface area contributed by atoms with E-state index in [0.717, 1.165) is 11.1 Å². The minimum atomic E-state index is -1.03. The van der Waals surface area contributed by atoms with E-state index in [1.165, 1.54) is 13.8 Å². The Hall–Kier alpha value is -3.28. The maximum absolute atomic E-state index is 12.2. The summed E-state index contributed by atoms with van der Waals surface area (Å²) in [5.74, 6) is -1.40. The summed E-state index contributed by atoms with van der Waals surface area (Å²) in [5.41, 5.74) is 3.57. The number of Topliss-reactive ketones (excluding diaryl/α,β-unsaturated/α-hetero) is 2. The topological polar surface area (TPSA) is 89.5 Å². The SMILES string of the molecule is CC(=O)c1cccc(NC(=O)C(C)OC(=O)CCC(=O)c2ccc(C)c(C)c2)c1. The van der Waals surface area contributed by atoms with Gasteiger partial charge in [-0.2, -0.15) is 0 Å². The molecule has 0 aliphatic heterocycles. The van der Waals surface area contributed by atoms with Crippen LogP contribution in [0.15, 0.2) is 42.5 Å². The molecule has 2 aromatic rings. The van der Waals surface area contributed by atoms with Crippen molar-refractivity contribution in [1.82, 2.24) is 0 Å². The van der Waals surface area contributed by atoms with Crippen molar-refractivity contribution in [3.8, 4) is 0 Å². The van der Waals surface area contributed by atoms with E-state index in [4.69, 9.17) is 4.74 Å². The number of rotatable bonds is 8. The van der Waals surface area contributed by atoms with Gasteiger partial charge in [0.15, 0.2) is 17.7 Å². The summed E-state index contributed by atoms with van der Waals surface area (Å²) in [4.78, 5) is 47.9. The normalized spacial score (nSPS) is 11.4. The molecule has 2 rings (SSSR count). The average Bonchev–Trinajstić information content (AvgIpc) is 2.68. The third-order valence-electron chi connectivity index (χ3n) is 4.60.